The molecule has 0 bridgehead atoms. The smallest absolute Gasteiger partial charge is 0.271 e. The van der Waals surface area contributed by atoms with E-state index in [1.165, 1.54) is 32.4 Å². The molecule has 2 fully saturated rings. The summed E-state index contributed by atoms with van der Waals surface area (Å²) in [6, 6.07) is 14.8. The van der Waals surface area contributed by atoms with E-state index in [4.69, 9.17) is 9.47 Å². The van der Waals surface area contributed by atoms with E-state index in [2.05, 4.69) is 0 Å². The van der Waals surface area contributed by atoms with Crippen molar-refractivity contribution in [3.05, 3.63) is 93.5 Å². The summed E-state index contributed by atoms with van der Waals surface area (Å²) >= 11 is 0. The number of Topliss-reactive ketones (excluding diaryl/α,β-unsaturated/α-hetero) is 1. The van der Waals surface area contributed by atoms with Gasteiger partial charge in [0, 0.05) is 23.4 Å². The third-order valence-corrected chi connectivity index (χ3v) is 8.00. The number of para-hydroxylation sites is 1. The molecule has 2 saturated heterocycles. The van der Waals surface area contributed by atoms with E-state index in [0.29, 0.717) is 22.6 Å². The molecule has 3 aromatic rings. The van der Waals surface area contributed by atoms with Crippen LogP contribution in [0.2, 0.25) is 0 Å². The van der Waals surface area contributed by atoms with Crippen molar-refractivity contribution < 1.29 is 28.8 Å². The van der Waals surface area contributed by atoms with Crippen molar-refractivity contribution in [2.75, 3.05) is 24.0 Å². The summed E-state index contributed by atoms with van der Waals surface area (Å²) in [5.74, 6) is -2.44. The van der Waals surface area contributed by atoms with E-state index < -0.39 is 40.7 Å². The van der Waals surface area contributed by atoms with Crippen LogP contribution in [0.1, 0.15) is 21.5 Å². The highest BCUT2D eigenvalue weighted by Gasteiger charge is 2.64. The molecule has 0 radical (unpaired) electrons. The lowest BCUT2D eigenvalue weighted by Crippen LogP contribution is -2.49. The summed E-state index contributed by atoms with van der Waals surface area (Å²) in [5.41, 5.74) is 2.39. The van der Waals surface area contributed by atoms with E-state index in [1.54, 1.807) is 25.1 Å². The summed E-state index contributed by atoms with van der Waals surface area (Å²) in [7, 11) is 2.97. The van der Waals surface area contributed by atoms with Gasteiger partial charge in [-0.05, 0) is 42.3 Å². The number of nitro groups is 1. The summed E-state index contributed by atoms with van der Waals surface area (Å²) in [5, 5.41) is 11.5. The van der Waals surface area contributed by atoms with Crippen molar-refractivity contribution in [3.63, 3.8) is 0 Å². The number of ketones is 1. The van der Waals surface area contributed by atoms with E-state index in [-0.39, 0.29) is 17.2 Å². The zero-order valence-corrected chi connectivity index (χ0v) is 21.9. The minimum atomic E-state index is -1.01. The zero-order chi connectivity index (χ0) is 28.3. The number of anilines is 2. The molecule has 3 aliphatic heterocycles. The number of aryl methyl sites for hydroxylation is 1. The third-order valence-electron chi connectivity index (χ3n) is 8.00. The summed E-state index contributed by atoms with van der Waals surface area (Å²) in [4.78, 5) is 56.3. The number of methoxy groups -OCH3 is 2. The van der Waals surface area contributed by atoms with Crippen molar-refractivity contribution in [1.29, 1.82) is 0 Å². The molecule has 10 heteroatoms. The molecule has 202 valence electrons. The van der Waals surface area contributed by atoms with Gasteiger partial charge in [-0.2, -0.15) is 0 Å². The lowest BCUT2D eigenvalue weighted by Gasteiger charge is -2.36. The fraction of sp³-hybridized carbons (Fsp3) is 0.233. The van der Waals surface area contributed by atoms with Crippen molar-refractivity contribution in [2.45, 2.75) is 19.0 Å². The number of non-ortho nitro benzene ring substituents is 1. The molecule has 2 amide bonds. The lowest BCUT2D eigenvalue weighted by atomic mass is 9.86. The number of hydrogen-bond acceptors (Lipinski definition) is 8. The van der Waals surface area contributed by atoms with Gasteiger partial charge in [0.05, 0.1) is 42.7 Å². The Labute approximate surface area is 229 Å². The first-order chi connectivity index (χ1) is 19.3. The highest BCUT2D eigenvalue weighted by atomic mass is 16.6. The topological polar surface area (TPSA) is 119 Å². The SMILES string of the molecule is COc1ccc(C(=O)[C@@H]2[C@@H]3C(=O)N(c4cc([N+](=O)[O-])ccc4C)C(=O)[C@H]3[C@H]3C=Cc4ccccc4N32)cc1OC. The highest BCUT2D eigenvalue weighted by molar-refractivity contribution is 6.26. The Morgan fingerprint density at radius 2 is 1.62 bits per heavy atom. The predicted octanol–water partition coefficient (Wildman–Crippen LogP) is 4.19. The van der Waals surface area contributed by atoms with E-state index in [9.17, 15) is 24.5 Å². The van der Waals surface area contributed by atoms with Crippen LogP contribution >= 0.6 is 0 Å². The Balaban J connectivity index is 1.50. The molecule has 3 heterocycles. The quantitative estimate of drug-likeness (QED) is 0.198. The molecule has 0 unspecified atom stereocenters. The zero-order valence-electron chi connectivity index (χ0n) is 21.9. The number of carbonyl (C=O) groups is 3. The molecule has 0 N–H and O–H groups in total. The molecule has 0 aromatic heterocycles. The van der Waals surface area contributed by atoms with Crippen LogP contribution < -0.4 is 19.3 Å². The number of carbonyl (C=O) groups excluding carboxylic acids is 3. The normalized spacial score (nSPS) is 22.6. The van der Waals surface area contributed by atoms with E-state index in [0.717, 1.165) is 16.2 Å². The molecule has 0 aliphatic carbocycles. The Kier molecular flexibility index (Phi) is 5.90. The van der Waals surface area contributed by atoms with Gasteiger partial charge < -0.3 is 14.4 Å². The number of rotatable bonds is 6. The Bertz CT molecular complexity index is 1630. The van der Waals surface area contributed by atoms with Gasteiger partial charge in [0.1, 0.15) is 6.04 Å². The van der Waals surface area contributed by atoms with Crippen LogP contribution in [-0.2, 0) is 9.59 Å². The minimum Gasteiger partial charge on any atom is -0.493 e. The summed E-state index contributed by atoms with van der Waals surface area (Å²) in [6.45, 7) is 1.68. The fourth-order valence-electron chi connectivity index (χ4n) is 6.16. The van der Waals surface area contributed by atoms with Crippen molar-refractivity contribution in [3.8, 4) is 11.5 Å². The average Bonchev–Trinajstić information content (AvgIpc) is 3.44. The Morgan fingerprint density at radius 3 is 2.35 bits per heavy atom. The molecule has 3 aromatic carbocycles. The maximum Gasteiger partial charge on any atom is 0.271 e. The van der Waals surface area contributed by atoms with Gasteiger partial charge in [0.25, 0.3) is 5.69 Å². The molecular weight excluding hydrogens is 514 g/mol. The number of amides is 2. The number of ether oxygens (including phenoxy) is 2. The number of fused-ring (bicyclic) bond motifs is 5. The van der Waals surface area contributed by atoms with Crippen LogP contribution in [0, 0.1) is 28.9 Å². The second kappa shape index (κ2) is 9.33. The summed E-state index contributed by atoms with van der Waals surface area (Å²) in [6.07, 6.45) is 3.76. The molecule has 0 saturated carbocycles. The Morgan fingerprint density at radius 1 is 0.900 bits per heavy atom. The van der Waals surface area contributed by atoms with Gasteiger partial charge in [-0.1, -0.05) is 36.4 Å². The maximum atomic E-state index is 14.3. The van der Waals surface area contributed by atoms with E-state index >= 15 is 0 Å². The lowest BCUT2D eigenvalue weighted by molar-refractivity contribution is -0.384. The van der Waals surface area contributed by atoms with Gasteiger partial charge >= 0.3 is 0 Å². The molecule has 40 heavy (non-hydrogen) atoms. The van der Waals surface area contributed by atoms with Crippen LogP contribution in [-0.4, -0.2) is 48.8 Å². The van der Waals surface area contributed by atoms with Crippen LogP contribution in [0.15, 0.2) is 66.7 Å². The van der Waals surface area contributed by atoms with Crippen molar-refractivity contribution in [2.24, 2.45) is 11.8 Å². The van der Waals surface area contributed by atoms with Crippen LogP contribution in [0.4, 0.5) is 17.1 Å². The van der Waals surface area contributed by atoms with Gasteiger partial charge in [0.15, 0.2) is 17.3 Å². The average molecular weight is 540 g/mol. The number of benzene rings is 3. The first kappa shape index (κ1) is 25.3. The molecular formula is C30H25N3O7. The number of nitrogens with zero attached hydrogens (tertiary/aromatic N) is 3. The second-order valence-corrected chi connectivity index (χ2v) is 9.99. The Hall–Kier alpha value is -4.99. The van der Waals surface area contributed by atoms with E-state index in [1.807, 2.05) is 41.3 Å². The van der Waals surface area contributed by atoms with Crippen LogP contribution in [0.5, 0.6) is 11.5 Å². The second-order valence-electron chi connectivity index (χ2n) is 9.99. The largest absolute Gasteiger partial charge is 0.493 e. The first-order valence-corrected chi connectivity index (χ1v) is 12.7. The minimum absolute atomic E-state index is 0.155. The molecule has 10 nitrogen and oxygen atoms in total. The molecule has 4 atom stereocenters. The predicted molar refractivity (Wildman–Crippen MR) is 147 cm³/mol. The molecule has 3 aliphatic rings. The first-order valence-electron chi connectivity index (χ1n) is 12.7. The van der Waals surface area contributed by atoms with Crippen molar-refractivity contribution in [1.82, 2.24) is 0 Å². The van der Waals surface area contributed by atoms with Crippen LogP contribution in [0.25, 0.3) is 6.08 Å². The summed E-state index contributed by atoms with van der Waals surface area (Å²) < 4.78 is 10.7. The van der Waals surface area contributed by atoms with Crippen LogP contribution in [0.3, 0.4) is 0 Å². The number of imide groups is 1. The van der Waals surface area contributed by atoms with Gasteiger partial charge in [-0.3, -0.25) is 24.5 Å². The standard InChI is InChI=1S/C30H25N3O7/c1-16-8-11-19(33(37)38)15-22(16)32-29(35)25-21-12-9-17-6-4-5-7-20(17)31(21)27(26(25)30(32)36)28(34)18-10-13-23(39-2)24(14-18)40-3/h4-15,21,25-27H,1-3H3/t21-,25+,26-,27+/m1/s1. The number of nitro benzene ring substituents is 1. The fourth-order valence-corrected chi connectivity index (χ4v) is 6.16. The monoisotopic (exact) mass is 539 g/mol. The van der Waals surface area contributed by atoms with Gasteiger partial charge in [-0.25, -0.2) is 4.90 Å². The van der Waals surface area contributed by atoms with Crippen molar-refractivity contribution >= 4 is 40.7 Å². The third kappa shape index (κ3) is 3.59. The molecule has 6 rings (SSSR count). The molecule has 0 spiro atoms. The van der Waals surface area contributed by atoms with Gasteiger partial charge in [-0.15, -0.1) is 0 Å². The van der Waals surface area contributed by atoms with Gasteiger partial charge in [0.2, 0.25) is 11.8 Å². The number of hydrogen-bond donors (Lipinski definition) is 0. The maximum absolute atomic E-state index is 14.3. The highest BCUT2D eigenvalue weighted by Crippen LogP contribution is 2.50.